The van der Waals surface area contributed by atoms with Crippen LogP contribution in [0, 0.1) is 0 Å². The minimum Gasteiger partial charge on any atom is -0.347 e. The van der Waals surface area contributed by atoms with Crippen molar-refractivity contribution in [2.45, 2.75) is 24.8 Å². The van der Waals surface area contributed by atoms with E-state index in [-0.39, 0.29) is 0 Å². The van der Waals surface area contributed by atoms with Crippen LogP contribution in [0.15, 0.2) is 0 Å². The Labute approximate surface area is 116 Å². The van der Waals surface area contributed by atoms with Gasteiger partial charge in [0.05, 0.1) is 10.8 Å². The molecule has 1 aromatic heterocycles. The summed E-state index contributed by atoms with van der Waals surface area (Å²) >= 11 is 13.4. The van der Waals surface area contributed by atoms with Crippen molar-refractivity contribution in [3.63, 3.8) is 0 Å². The van der Waals surface area contributed by atoms with E-state index in [0.717, 1.165) is 16.6 Å². The number of anilines is 1. The molecular weight excluding hydrogens is 277 g/mol. The summed E-state index contributed by atoms with van der Waals surface area (Å²) in [7, 11) is 4.26. The molecule has 0 spiro atoms. The van der Waals surface area contributed by atoms with Crippen molar-refractivity contribution in [2.24, 2.45) is 0 Å². The normalized spacial score (nSPS) is 21.8. The van der Waals surface area contributed by atoms with Gasteiger partial charge in [-0.15, -0.1) is 11.6 Å². The maximum Gasteiger partial charge on any atom is 0.187 e. The molecule has 1 aliphatic heterocycles. The first-order valence-electron chi connectivity index (χ1n) is 5.74. The Kier molecular flexibility index (Phi) is 4.53. The lowest BCUT2D eigenvalue weighted by Crippen LogP contribution is -2.45. The predicted molar refractivity (Wildman–Crippen MR) is 75.6 cm³/mol. The topological polar surface area (TPSA) is 19.4 Å². The minimum absolute atomic E-state index is 0.439. The van der Waals surface area contributed by atoms with Gasteiger partial charge in [0.2, 0.25) is 0 Å². The van der Waals surface area contributed by atoms with Crippen LogP contribution in [0.5, 0.6) is 0 Å². The van der Waals surface area contributed by atoms with Gasteiger partial charge in [-0.3, -0.25) is 0 Å². The molecule has 0 aliphatic carbocycles. The summed E-state index contributed by atoms with van der Waals surface area (Å²) in [5, 5.41) is 1.53. The highest BCUT2D eigenvalue weighted by Gasteiger charge is 2.23. The van der Waals surface area contributed by atoms with Gasteiger partial charge in [-0.1, -0.05) is 22.9 Å². The summed E-state index contributed by atoms with van der Waals surface area (Å²) < 4.78 is 0. The largest absolute Gasteiger partial charge is 0.347 e. The Morgan fingerprint density at radius 2 is 2.35 bits per heavy atom. The second-order valence-electron chi connectivity index (χ2n) is 4.51. The molecule has 1 aliphatic rings. The SMILES string of the molecule is CN1CCCC(N(C)c2nc(Cl)c(CCl)s2)C1. The highest BCUT2D eigenvalue weighted by Crippen LogP contribution is 2.32. The van der Waals surface area contributed by atoms with Crippen LogP contribution >= 0.6 is 34.5 Å². The number of nitrogens with zero attached hydrogens (tertiary/aromatic N) is 3. The van der Waals surface area contributed by atoms with E-state index in [1.54, 1.807) is 11.3 Å². The average molecular weight is 294 g/mol. The van der Waals surface area contributed by atoms with Gasteiger partial charge < -0.3 is 9.80 Å². The monoisotopic (exact) mass is 293 g/mol. The fraction of sp³-hybridized carbons (Fsp3) is 0.727. The molecule has 1 aromatic rings. The van der Waals surface area contributed by atoms with E-state index in [4.69, 9.17) is 23.2 Å². The van der Waals surface area contributed by atoms with Crippen molar-refractivity contribution in [3.05, 3.63) is 10.0 Å². The zero-order chi connectivity index (χ0) is 12.4. The van der Waals surface area contributed by atoms with Crippen LogP contribution in [-0.4, -0.2) is 43.1 Å². The van der Waals surface area contributed by atoms with E-state index in [1.807, 2.05) is 0 Å². The van der Waals surface area contributed by atoms with E-state index in [2.05, 4.69) is 28.9 Å². The summed E-state index contributed by atoms with van der Waals surface area (Å²) in [6.45, 7) is 2.28. The Morgan fingerprint density at radius 1 is 1.59 bits per heavy atom. The van der Waals surface area contributed by atoms with Gasteiger partial charge in [-0.2, -0.15) is 0 Å². The van der Waals surface area contributed by atoms with E-state index in [1.165, 1.54) is 19.4 Å². The van der Waals surface area contributed by atoms with Crippen LogP contribution in [0.3, 0.4) is 0 Å². The molecule has 3 nitrogen and oxygen atoms in total. The van der Waals surface area contributed by atoms with Gasteiger partial charge in [0.15, 0.2) is 5.13 Å². The van der Waals surface area contributed by atoms with Crippen LogP contribution in [0.2, 0.25) is 5.15 Å². The van der Waals surface area contributed by atoms with Gasteiger partial charge in [-0.25, -0.2) is 4.98 Å². The number of likely N-dealkylation sites (tertiary alicyclic amines) is 1. The molecule has 0 aromatic carbocycles. The number of hydrogen-bond donors (Lipinski definition) is 0. The predicted octanol–water partition coefficient (Wildman–Crippen LogP) is 3.07. The molecule has 0 bridgehead atoms. The second-order valence-corrected chi connectivity index (χ2v) is 6.20. The maximum absolute atomic E-state index is 6.03. The van der Waals surface area contributed by atoms with E-state index in [0.29, 0.717) is 17.1 Å². The summed E-state index contributed by atoms with van der Waals surface area (Å²) in [4.78, 5) is 9.95. The first-order valence-corrected chi connectivity index (χ1v) is 7.47. The lowest BCUT2D eigenvalue weighted by Gasteiger charge is -2.35. The summed E-state index contributed by atoms with van der Waals surface area (Å²) in [6, 6.07) is 0.527. The third-order valence-corrected chi connectivity index (χ3v) is 5.21. The zero-order valence-electron chi connectivity index (χ0n) is 10.1. The van der Waals surface area contributed by atoms with Crippen molar-refractivity contribution in [1.82, 2.24) is 9.88 Å². The molecular formula is C11H17Cl2N3S. The molecule has 2 heterocycles. The van der Waals surface area contributed by atoms with Crippen molar-refractivity contribution < 1.29 is 0 Å². The van der Waals surface area contributed by atoms with E-state index in [9.17, 15) is 0 Å². The number of alkyl halides is 1. The molecule has 0 radical (unpaired) electrons. The lowest BCUT2D eigenvalue weighted by molar-refractivity contribution is 0.248. The number of aromatic nitrogens is 1. The van der Waals surface area contributed by atoms with Gasteiger partial charge in [0.25, 0.3) is 0 Å². The third kappa shape index (κ3) is 3.05. The van der Waals surface area contributed by atoms with Crippen LogP contribution in [0.25, 0.3) is 0 Å². The first kappa shape index (κ1) is 13.4. The molecule has 17 heavy (non-hydrogen) atoms. The molecule has 0 N–H and O–H groups in total. The fourth-order valence-electron chi connectivity index (χ4n) is 2.17. The summed E-state index contributed by atoms with van der Waals surface area (Å²) in [5.74, 6) is 0.439. The highest BCUT2D eigenvalue weighted by molar-refractivity contribution is 7.16. The molecule has 6 heteroatoms. The van der Waals surface area contributed by atoms with Crippen molar-refractivity contribution in [3.8, 4) is 0 Å². The molecule has 1 atom stereocenters. The Hall–Kier alpha value is -0.0300. The number of hydrogen-bond acceptors (Lipinski definition) is 4. The number of rotatable bonds is 3. The highest BCUT2D eigenvalue weighted by atomic mass is 35.5. The number of halogens is 2. The molecule has 0 amide bonds. The Morgan fingerprint density at radius 3 is 2.94 bits per heavy atom. The maximum atomic E-state index is 6.03. The van der Waals surface area contributed by atoms with Crippen molar-refractivity contribution in [1.29, 1.82) is 0 Å². The molecule has 0 saturated carbocycles. The smallest absolute Gasteiger partial charge is 0.187 e. The van der Waals surface area contributed by atoms with Crippen molar-refractivity contribution >= 4 is 39.7 Å². The number of likely N-dealkylation sites (N-methyl/N-ethyl adjacent to an activating group) is 2. The Bertz CT molecular complexity index is 383. The van der Waals surface area contributed by atoms with Crippen LogP contribution in [0.1, 0.15) is 17.7 Å². The number of piperidine rings is 1. The second kappa shape index (κ2) is 5.74. The lowest BCUT2D eigenvalue weighted by atomic mass is 10.1. The fourth-order valence-corrected chi connectivity index (χ4v) is 3.67. The van der Waals surface area contributed by atoms with Gasteiger partial charge in [0, 0.05) is 19.6 Å². The van der Waals surface area contributed by atoms with E-state index >= 15 is 0 Å². The van der Waals surface area contributed by atoms with E-state index < -0.39 is 0 Å². The molecule has 2 rings (SSSR count). The van der Waals surface area contributed by atoms with Gasteiger partial charge >= 0.3 is 0 Å². The number of thiazole rings is 1. The third-order valence-electron chi connectivity index (χ3n) is 3.21. The first-order chi connectivity index (χ1) is 8.11. The quantitative estimate of drug-likeness (QED) is 0.799. The van der Waals surface area contributed by atoms with Crippen LogP contribution in [-0.2, 0) is 5.88 Å². The van der Waals surface area contributed by atoms with Gasteiger partial charge in [0.1, 0.15) is 5.15 Å². The average Bonchev–Trinajstić information content (AvgIpc) is 2.69. The molecule has 96 valence electrons. The van der Waals surface area contributed by atoms with Gasteiger partial charge in [-0.05, 0) is 26.4 Å². The summed E-state index contributed by atoms with van der Waals surface area (Å²) in [6.07, 6.45) is 2.46. The summed E-state index contributed by atoms with van der Waals surface area (Å²) in [5.41, 5.74) is 0. The van der Waals surface area contributed by atoms with Crippen molar-refractivity contribution in [2.75, 3.05) is 32.1 Å². The molecule has 1 saturated heterocycles. The Balaban J connectivity index is 2.09. The molecule has 1 fully saturated rings. The molecule has 1 unspecified atom stereocenters. The standard InChI is InChI=1S/C11H17Cl2N3S/c1-15-5-3-4-8(7-15)16(2)11-14-10(13)9(6-12)17-11/h8H,3-7H2,1-2H3. The van der Waals surface area contributed by atoms with Crippen LogP contribution in [0.4, 0.5) is 5.13 Å². The van der Waals surface area contributed by atoms with Crippen LogP contribution < -0.4 is 4.90 Å². The zero-order valence-corrected chi connectivity index (χ0v) is 12.4. The minimum atomic E-state index is 0.439.